The van der Waals surface area contributed by atoms with E-state index < -0.39 is 5.37 Å². The number of pyridine rings is 1. The van der Waals surface area contributed by atoms with E-state index in [1.54, 1.807) is 34.1 Å². The molecule has 1 aromatic carbocycles. The van der Waals surface area contributed by atoms with Gasteiger partial charge in [-0.1, -0.05) is 17.7 Å². The molecule has 3 heterocycles. The van der Waals surface area contributed by atoms with Crippen LogP contribution in [0.25, 0.3) is 17.1 Å². The minimum Gasteiger partial charge on any atom is -0.387 e. The lowest BCUT2D eigenvalue weighted by molar-refractivity contribution is 0.0384. The molecule has 0 saturated carbocycles. The maximum absolute atomic E-state index is 13.5. The second-order valence-corrected chi connectivity index (χ2v) is 6.59. The van der Waals surface area contributed by atoms with Crippen LogP contribution in [0.5, 0.6) is 0 Å². The second-order valence-electron chi connectivity index (χ2n) is 6.10. The van der Waals surface area contributed by atoms with Crippen LogP contribution in [0.15, 0.2) is 48.8 Å². The van der Waals surface area contributed by atoms with E-state index in [1.807, 2.05) is 26.1 Å². The van der Waals surface area contributed by atoms with Crippen molar-refractivity contribution in [1.29, 1.82) is 0 Å². The second kappa shape index (κ2) is 7.01. The molecule has 27 heavy (non-hydrogen) atoms. The molecular weight excluding hydrogens is 367 g/mol. The maximum atomic E-state index is 13.5. The zero-order chi connectivity index (χ0) is 19.0. The molecule has 9 heteroatoms. The number of benzene rings is 1. The highest BCUT2D eigenvalue weighted by Crippen LogP contribution is 2.30. The normalized spacial score (nSPS) is 14.8. The molecule has 7 nitrogen and oxygen atoms in total. The van der Waals surface area contributed by atoms with Crippen LogP contribution in [0.3, 0.4) is 0 Å². The van der Waals surface area contributed by atoms with E-state index in [0.29, 0.717) is 23.0 Å². The molecule has 1 atom stereocenters. The van der Waals surface area contributed by atoms with Gasteiger partial charge in [0.15, 0.2) is 22.8 Å². The predicted molar refractivity (Wildman–Crippen MR) is 101 cm³/mol. The summed E-state index contributed by atoms with van der Waals surface area (Å²) in [7, 11) is 1.81. The number of hydrazine groups is 1. The van der Waals surface area contributed by atoms with Gasteiger partial charge in [-0.2, -0.15) is 0 Å². The van der Waals surface area contributed by atoms with Crippen molar-refractivity contribution in [3.05, 3.63) is 71.7 Å². The van der Waals surface area contributed by atoms with Gasteiger partial charge in [0.05, 0.1) is 6.20 Å². The molecule has 0 aliphatic carbocycles. The fourth-order valence-electron chi connectivity index (χ4n) is 2.80. The Hall–Kier alpha value is -2.91. The summed E-state index contributed by atoms with van der Waals surface area (Å²) in [6.07, 6.45) is 3.52. The molecule has 2 aromatic heterocycles. The van der Waals surface area contributed by atoms with Crippen LogP contribution in [0, 0.1) is 12.7 Å². The molecule has 1 aliphatic rings. The molecule has 0 amide bonds. The summed E-state index contributed by atoms with van der Waals surface area (Å²) in [4.78, 5) is 9.73. The molecule has 1 aliphatic heterocycles. The average Bonchev–Trinajstić information content (AvgIpc) is 3.28. The van der Waals surface area contributed by atoms with Crippen LogP contribution in [0.2, 0.25) is 0 Å². The maximum Gasteiger partial charge on any atom is 0.174 e. The van der Waals surface area contributed by atoms with Gasteiger partial charge in [-0.15, -0.1) is 22.8 Å². The van der Waals surface area contributed by atoms with Crippen LogP contribution in [0.1, 0.15) is 22.5 Å². The third-order valence-electron chi connectivity index (χ3n) is 4.18. The molecule has 0 spiro atoms. The van der Waals surface area contributed by atoms with Gasteiger partial charge in [0.2, 0.25) is 0 Å². The summed E-state index contributed by atoms with van der Waals surface area (Å²) in [5, 5.41) is 9.60. The van der Waals surface area contributed by atoms with Gasteiger partial charge >= 0.3 is 0 Å². The summed E-state index contributed by atoms with van der Waals surface area (Å²) in [6, 6.07) is 10.0. The fraction of sp³-hybridized carbons (Fsp3) is 0.167. The number of thiol groups is 1. The van der Waals surface area contributed by atoms with E-state index in [0.717, 1.165) is 11.3 Å². The molecule has 1 N–H and O–H groups in total. The minimum absolute atomic E-state index is 0.325. The van der Waals surface area contributed by atoms with E-state index in [-0.39, 0.29) is 5.82 Å². The first-order valence-electron chi connectivity index (χ1n) is 8.22. The topological polar surface area (TPSA) is 68.1 Å². The molecule has 0 fully saturated rings. The third kappa shape index (κ3) is 3.38. The number of nitrogens with zero attached hydrogens (tertiary/aromatic N) is 5. The zero-order valence-electron chi connectivity index (χ0n) is 14.7. The highest BCUT2D eigenvalue weighted by Gasteiger charge is 2.26. The van der Waals surface area contributed by atoms with Crippen molar-refractivity contribution in [2.75, 3.05) is 0 Å². The summed E-state index contributed by atoms with van der Waals surface area (Å²) in [5.74, 6) is 1.45. The van der Waals surface area contributed by atoms with Gasteiger partial charge in [0.25, 0.3) is 0 Å². The number of nitrogens with one attached hydrogen (secondary N) is 1. The molecule has 0 bridgehead atoms. The molecule has 3 aromatic rings. The van der Waals surface area contributed by atoms with Crippen LogP contribution < -0.4 is 5.59 Å². The summed E-state index contributed by atoms with van der Waals surface area (Å²) < 4.78 is 15.3. The Morgan fingerprint density at radius 2 is 2.04 bits per heavy atom. The Morgan fingerprint density at radius 3 is 2.81 bits per heavy atom. The van der Waals surface area contributed by atoms with E-state index in [9.17, 15) is 4.39 Å². The number of halogens is 1. The number of hydrogen-bond acceptors (Lipinski definition) is 7. The Bertz CT molecular complexity index is 1020. The Morgan fingerprint density at radius 1 is 1.19 bits per heavy atom. The van der Waals surface area contributed by atoms with Crippen LogP contribution >= 0.6 is 12.6 Å². The first-order chi connectivity index (χ1) is 13.0. The zero-order valence-corrected chi connectivity index (χ0v) is 15.6. The van der Waals surface area contributed by atoms with Crippen LogP contribution in [-0.2, 0) is 11.9 Å². The summed E-state index contributed by atoms with van der Waals surface area (Å²) in [5.41, 5.74) is 5.25. The number of rotatable bonds is 4. The standard InChI is InChI=1S/C18H17FN6OS/c1-11-8-12(6-7-20-11)15-10-25(23-26-15)18(27)17-22-21-16(24(17)2)13-4-3-5-14(19)9-13/h3-10,18,23,27H,1-2H3. The summed E-state index contributed by atoms with van der Waals surface area (Å²) >= 11 is 4.63. The molecule has 0 radical (unpaired) electrons. The SMILES string of the molecule is Cc1cc(C2=CN(C(S)c3nnc(-c4cccc(F)c4)n3C)NO2)ccn1. The number of aromatic nitrogens is 4. The van der Waals surface area contributed by atoms with Crippen LogP contribution in [-0.4, -0.2) is 24.8 Å². The van der Waals surface area contributed by atoms with Gasteiger partial charge in [-0.05, 0) is 31.2 Å². The summed E-state index contributed by atoms with van der Waals surface area (Å²) in [6.45, 7) is 1.92. The predicted octanol–water partition coefficient (Wildman–Crippen LogP) is 3.00. The van der Waals surface area contributed by atoms with Gasteiger partial charge in [0, 0.05) is 30.1 Å². The highest BCUT2D eigenvalue weighted by molar-refractivity contribution is 7.80. The van der Waals surface area contributed by atoms with E-state index in [1.165, 1.54) is 12.1 Å². The third-order valence-corrected chi connectivity index (χ3v) is 4.66. The molecule has 0 saturated heterocycles. The molecule has 1 unspecified atom stereocenters. The molecular formula is C18H17FN6OS. The van der Waals surface area contributed by atoms with Crippen molar-refractivity contribution >= 4 is 18.4 Å². The lowest BCUT2D eigenvalue weighted by Crippen LogP contribution is -2.30. The fourth-order valence-corrected chi connectivity index (χ4v) is 3.14. The Kier molecular flexibility index (Phi) is 4.54. The largest absolute Gasteiger partial charge is 0.387 e. The lowest BCUT2D eigenvalue weighted by Gasteiger charge is -2.20. The van der Waals surface area contributed by atoms with Crippen molar-refractivity contribution in [2.45, 2.75) is 12.3 Å². The Balaban J connectivity index is 1.60. The van der Waals surface area contributed by atoms with E-state index in [2.05, 4.69) is 33.4 Å². The van der Waals surface area contributed by atoms with Crippen molar-refractivity contribution in [3.8, 4) is 11.4 Å². The van der Waals surface area contributed by atoms with Gasteiger partial charge in [0.1, 0.15) is 5.82 Å². The first kappa shape index (κ1) is 17.5. The van der Waals surface area contributed by atoms with Crippen molar-refractivity contribution < 1.29 is 9.23 Å². The molecule has 138 valence electrons. The van der Waals surface area contributed by atoms with Crippen molar-refractivity contribution in [2.24, 2.45) is 7.05 Å². The quantitative estimate of drug-likeness (QED) is 0.674. The smallest absolute Gasteiger partial charge is 0.174 e. The minimum atomic E-state index is -0.467. The van der Waals surface area contributed by atoms with E-state index >= 15 is 0 Å². The monoisotopic (exact) mass is 384 g/mol. The highest BCUT2D eigenvalue weighted by atomic mass is 32.1. The van der Waals surface area contributed by atoms with Crippen molar-refractivity contribution in [1.82, 2.24) is 30.3 Å². The molecule has 4 rings (SSSR count). The first-order valence-corrected chi connectivity index (χ1v) is 8.73. The van der Waals surface area contributed by atoms with Gasteiger partial charge in [-0.3, -0.25) is 9.99 Å². The van der Waals surface area contributed by atoms with Crippen molar-refractivity contribution in [3.63, 3.8) is 0 Å². The Labute approximate surface area is 160 Å². The van der Waals surface area contributed by atoms with Gasteiger partial charge < -0.3 is 9.40 Å². The van der Waals surface area contributed by atoms with Crippen LogP contribution in [0.4, 0.5) is 4.39 Å². The number of aryl methyl sites for hydroxylation is 1. The average molecular weight is 384 g/mol. The number of hydrogen-bond donors (Lipinski definition) is 2. The van der Waals surface area contributed by atoms with E-state index in [4.69, 9.17) is 4.84 Å². The lowest BCUT2D eigenvalue weighted by atomic mass is 10.2. The van der Waals surface area contributed by atoms with Gasteiger partial charge in [-0.25, -0.2) is 4.39 Å².